The Labute approximate surface area is 116 Å². The van der Waals surface area contributed by atoms with Crippen LogP contribution >= 0.6 is 0 Å². The zero-order valence-electron chi connectivity index (χ0n) is 11.1. The van der Waals surface area contributed by atoms with Crippen molar-refractivity contribution in [2.75, 3.05) is 0 Å². The Balaban J connectivity index is 2.34. The number of fused-ring (bicyclic) bond motifs is 1. The predicted molar refractivity (Wildman–Crippen MR) is 69.9 cm³/mol. The molecule has 0 saturated heterocycles. The van der Waals surface area contributed by atoms with E-state index in [1.807, 2.05) is 0 Å². The Morgan fingerprint density at radius 3 is 2.55 bits per heavy atom. The minimum atomic E-state index is -1.11. The van der Waals surface area contributed by atoms with Crippen molar-refractivity contribution in [1.82, 2.24) is 4.90 Å². The average molecular weight is 279 g/mol. The van der Waals surface area contributed by atoms with E-state index in [0.29, 0.717) is 29.4 Å². The van der Waals surface area contributed by atoms with E-state index in [9.17, 15) is 19.8 Å². The van der Waals surface area contributed by atoms with Crippen LogP contribution in [0.15, 0.2) is 18.2 Å². The van der Waals surface area contributed by atoms with E-state index in [2.05, 4.69) is 0 Å². The number of carbonyl (C=O) groups is 2. The zero-order chi connectivity index (χ0) is 14.9. The fourth-order valence-electron chi connectivity index (χ4n) is 2.64. The number of carboxylic acid groups (broad SMARTS) is 1. The predicted octanol–water partition coefficient (Wildman–Crippen LogP) is 1.05. The van der Waals surface area contributed by atoms with Gasteiger partial charge in [0.25, 0.3) is 0 Å². The summed E-state index contributed by atoms with van der Waals surface area (Å²) >= 11 is 0. The molecule has 1 aromatic rings. The van der Waals surface area contributed by atoms with Crippen molar-refractivity contribution in [3.63, 3.8) is 0 Å². The van der Waals surface area contributed by atoms with Crippen LogP contribution in [0.2, 0.25) is 0 Å². The molecule has 2 rings (SSSR count). The number of carboxylic acids is 1. The number of benzene rings is 1. The lowest BCUT2D eigenvalue weighted by Crippen LogP contribution is -2.38. The van der Waals surface area contributed by atoms with Crippen molar-refractivity contribution >= 4 is 12.3 Å². The summed E-state index contributed by atoms with van der Waals surface area (Å²) in [5.41, 5.74) is 1.36. The molecule has 1 aliphatic heterocycles. The van der Waals surface area contributed by atoms with Gasteiger partial charge in [0.05, 0.1) is 6.42 Å². The lowest BCUT2D eigenvalue weighted by Gasteiger charge is -2.31. The maximum absolute atomic E-state index is 10.9. The van der Waals surface area contributed by atoms with Gasteiger partial charge < -0.3 is 15.3 Å². The first-order valence-corrected chi connectivity index (χ1v) is 6.44. The van der Waals surface area contributed by atoms with E-state index in [1.165, 1.54) is 11.0 Å². The third-order valence-electron chi connectivity index (χ3n) is 3.67. The highest BCUT2D eigenvalue weighted by atomic mass is 16.4. The third kappa shape index (κ3) is 2.45. The molecule has 1 aliphatic rings. The average Bonchev–Trinajstić information content (AvgIpc) is 2.68. The number of nitrogens with zero attached hydrogens (tertiary/aromatic N) is 1. The van der Waals surface area contributed by atoms with Crippen molar-refractivity contribution in [3.8, 4) is 0 Å². The highest BCUT2D eigenvalue weighted by molar-refractivity contribution is 5.75. The van der Waals surface area contributed by atoms with Crippen LogP contribution in [0.3, 0.4) is 0 Å². The molecule has 3 N–H and O–H groups in total. The summed E-state index contributed by atoms with van der Waals surface area (Å²) in [6.45, 7) is 1.80. The number of carbonyl (C=O) groups excluding carboxylic acids is 1. The molecule has 0 amide bonds. The van der Waals surface area contributed by atoms with Crippen LogP contribution in [0.4, 0.5) is 0 Å². The van der Waals surface area contributed by atoms with Gasteiger partial charge in [-0.05, 0) is 12.5 Å². The molecule has 0 bridgehead atoms. The van der Waals surface area contributed by atoms with Crippen LogP contribution in [-0.4, -0.2) is 38.5 Å². The van der Waals surface area contributed by atoms with E-state index in [1.54, 1.807) is 19.1 Å². The van der Waals surface area contributed by atoms with E-state index >= 15 is 0 Å². The zero-order valence-corrected chi connectivity index (χ0v) is 11.1. The van der Waals surface area contributed by atoms with Gasteiger partial charge in [-0.3, -0.25) is 9.59 Å². The Morgan fingerprint density at radius 1 is 1.35 bits per heavy atom. The van der Waals surface area contributed by atoms with Gasteiger partial charge >= 0.3 is 5.97 Å². The molecule has 0 aliphatic carbocycles. The Kier molecular flexibility index (Phi) is 4.17. The van der Waals surface area contributed by atoms with Crippen LogP contribution in [-0.2, 0) is 4.79 Å². The van der Waals surface area contributed by atoms with Gasteiger partial charge in [-0.1, -0.05) is 19.1 Å². The van der Waals surface area contributed by atoms with Crippen molar-refractivity contribution in [3.05, 3.63) is 34.9 Å². The molecule has 0 aromatic heterocycles. The monoisotopic (exact) mass is 279 g/mol. The molecule has 3 atom stereocenters. The molecule has 0 spiro atoms. The van der Waals surface area contributed by atoms with Crippen molar-refractivity contribution < 1.29 is 24.9 Å². The number of aliphatic hydroxyl groups excluding tert-OH is 2. The largest absolute Gasteiger partial charge is 0.481 e. The molecule has 3 unspecified atom stereocenters. The van der Waals surface area contributed by atoms with E-state index < -0.39 is 24.5 Å². The summed E-state index contributed by atoms with van der Waals surface area (Å²) in [6, 6.07) is 4.18. The Hall–Kier alpha value is -1.76. The number of aliphatic hydroxyl groups is 2. The highest BCUT2D eigenvalue weighted by Gasteiger charge is 2.40. The fraction of sp³-hybridized carbons (Fsp3) is 0.429. The topological polar surface area (TPSA) is 98.1 Å². The molecular formula is C14H17NO5. The molecule has 0 fully saturated rings. The summed E-state index contributed by atoms with van der Waals surface area (Å²) in [4.78, 5) is 23.0. The van der Waals surface area contributed by atoms with Gasteiger partial charge in [0, 0.05) is 22.7 Å². The van der Waals surface area contributed by atoms with Crippen LogP contribution in [0.5, 0.6) is 0 Å². The quantitative estimate of drug-likeness (QED) is 0.697. The van der Waals surface area contributed by atoms with Crippen molar-refractivity contribution in [2.45, 2.75) is 38.3 Å². The maximum Gasteiger partial charge on any atom is 0.304 e. The fourth-order valence-corrected chi connectivity index (χ4v) is 2.64. The lowest BCUT2D eigenvalue weighted by molar-refractivity contribution is -0.145. The summed E-state index contributed by atoms with van der Waals surface area (Å²) < 4.78 is 0. The molecule has 1 aromatic carbocycles. The maximum atomic E-state index is 10.9. The summed E-state index contributed by atoms with van der Waals surface area (Å²) in [6.07, 6.45) is -1.20. The standard InChI is InChI=1S/C14H17NO5/c1-2-9(6-12(17)18)15-13(19)10-4-3-8(7-16)5-11(10)14(15)20/h3-5,7,9,13-14,19-20H,2,6H2,1H3,(H,17,18). The van der Waals surface area contributed by atoms with E-state index in [-0.39, 0.29) is 6.42 Å². The Morgan fingerprint density at radius 2 is 2.00 bits per heavy atom. The van der Waals surface area contributed by atoms with Gasteiger partial charge in [-0.15, -0.1) is 0 Å². The van der Waals surface area contributed by atoms with Crippen LogP contribution in [0.1, 0.15) is 53.7 Å². The number of rotatable bonds is 5. The minimum absolute atomic E-state index is 0.168. The van der Waals surface area contributed by atoms with Crippen LogP contribution < -0.4 is 0 Å². The van der Waals surface area contributed by atoms with Crippen molar-refractivity contribution in [2.24, 2.45) is 0 Å². The minimum Gasteiger partial charge on any atom is -0.481 e. The number of hydrogen-bond acceptors (Lipinski definition) is 5. The number of aldehydes is 1. The Bertz CT molecular complexity index is 530. The smallest absolute Gasteiger partial charge is 0.304 e. The second-order valence-electron chi connectivity index (χ2n) is 4.86. The summed E-state index contributed by atoms with van der Waals surface area (Å²) in [5.74, 6) is -0.985. The SMILES string of the molecule is CCC(CC(=O)O)N1C(O)c2ccc(C=O)cc2C1O. The van der Waals surface area contributed by atoms with Gasteiger partial charge in [0.15, 0.2) is 0 Å². The van der Waals surface area contributed by atoms with Crippen LogP contribution in [0.25, 0.3) is 0 Å². The van der Waals surface area contributed by atoms with Gasteiger partial charge in [-0.25, -0.2) is 4.90 Å². The second kappa shape index (κ2) is 5.70. The third-order valence-corrected chi connectivity index (χ3v) is 3.67. The molecule has 1 heterocycles. The first kappa shape index (κ1) is 14.6. The first-order chi connectivity index (χ1) is 9.49. The molecule has 108 valence electrons. The van der Waals surface area contributed by atoms with E-state index in [0.717, 1.165) is 0 Å². The summed E-state index contributed by atoms with van der Waals surface area (Å²) in [5, 5.41) is 29.5. The van der Waals surface area contributed by atoms with E-state index in [4.69, 9.17) is 5.11 Å². The normalized spacial score (nSPS) is 23.4. The molecule has 20 heavy (non-hydrogen) atoms. The number of hydrogen-bond donors (Lipinski definition) is 3. The molecule has 6 nitrogen and oxygen atoms in total. The highest BCUT2D eigenvalue weighted by Crippen LogP contribution is 2.41. The lowest BCUT2D eigenvalue weighted by atomic mass is 10.1. The van der Waals surface area contributed by atoms with Gasteiger partial charge in [0.2, 0.25) is 0 Å². The molecule has 0 radical (unpaired) electrons. The first-order valence-electron chi connectivity index (χ1n) is 6.44. The van der Waals surface area contributed by atoms with Gasteiger partial charge in [-0.2, -0.15) is 0 Å². The molecular weight excluding hydrogens is 262 g/mol. The molecule has 0 saturated carbocycles. The second-order valence-corrected chi connectivity index (χ2v) is 4.86. The van der Waals surface area contributed by atoms with Gasteiger partial charge in [0.1, 0.15) is 18.7 Å². The summed E-state index contributed by atoms with van der Waals surface area (Å²) in [7, 11) is 0. The van der Waals surface area contributed by atoms with Crippen LogP contribution in [0, 0.1) is 0 Å². The van der Waals surface area contributed by atoms with Crippen molar-refractivity contribution in [1.29, 1.82) is 0 Å². The number of aliphatic carboxylic acids is 1. The molecule has 6 heteroatoms.